The molecule has 5 heteroatoms. The number of primary amides is 1. The Bertz CT molecular complexity index is 619. The third kappa shape index (κ3) is 2.33. The molecule has 0 radical (unpaired) electrons. The second kappa shape index (κ2) is 4.66. The van der Waals surface area contributed by atoms with E-state index in [1.807, 2.05) is 12.1 Å². The maximum absolute atomic E-state index is 11.4. The number of hydrogen-bond donors (Lipinski definition) is 2. The molecule has 1 aromatic carbocycles. The van der Waals surface area contributed by atoms with Gasteiger partial charge in [0, 0.05) is 6.54 Å². The molecule has 1 unspecified atom stereocenters. The van der Waals surface area contributed by atoms with Crippen molar-refractivity contribution in [1.29, 1.82) is 0 Å². The molecule has 0 spiro atoms. The van der Waals surface area contributed by atoms with Crippen LogP contribution in [0.5, 0.6) is 0 Å². The van der Waals surface area contributed by atoms with E-state index >= 15 is 0 Å². The van der Waals surface area contributed by atoms with Crippen LogP contribution in [-0.4, -0.2) is 33.9 Å². The summed E-state index contributed by atoms with van der Waals surface area (Å²) in [7, 11) is 0. The molecule has 0 aliphatic carbocycles. The Morgan fingerprint density at radius 1 is 1.58 bits per heavy atom. The van der Waals surface area contributed by atoms with Gasteiger partial charge in [-0.25, -0.2) is 4.98 Å². The van der Waals surface area contributed by atoms with E-state index in [0.717, 1.165) is 36.9 Å². The van der Waals surface area contributed by atoms with Crippen molar-refractivity contribution in [3.8, 4) is 0 Å². The Labute approximate surface area is 111 Å². The van der Waals surface area contributed by atoms with E-state index in [2.05, 4.69) is 21.8 Å². The molecule has 1 saturated heterocycles. The van der Waals surface area contributed by atoms with E-state index in [0.29, 0.717) is 11.1 Å². The molecule has 100 valence electrons. The normalized spacial score (nSPS) is 20.2. The fourth-order valence-corrected chi connectivity index (χ4v) is 2.74. The summed E-state index contributed by atoms with van der Waals surface area (Å²) in [6.07, 6.45) is 1.24. The molecule has 1 aromatic heterocycles. The van der Waals surface area contributed by atoms with Crippen molar-refractivity contribution in [2.24, 2.45) is 11.7 Å². The van der Waals surface area contributed by atoms with Crippen LogP contribution < -0.4 is 5.73 Å². The Balaban J connectivity index is 1.89. The predicted octanol–water partition coefficient (Wildman–Crippen LogP) is 1.50. The van der Waals surface area contributed by atoms with Gasteiger partial charge in [-0.05, 0) is 31.0 Å². The van der Waals surface area contributed by atoms with Crippen LogP contribution >= 0.6 is 0 Å². The molecule has 1 amide bonds. The van der Waals surface area contributed by atoms with Gasteiger partial charge in [-0.15, -0.1) is 0 Å². The first-order valence-corrected chi connectivity index (χ1v) is 6.63. The van der Waals surface area contributed by atoms with Crippen molar-refractivity contribution in [1.82, 2.24) is 14.9 Å². The van der Waals surface area contributed by atoms with Crippen LogP contribution in [0.15, 0.2) is 18.2 Å². The van der Waals surface area contributed by atoms with Gasteiger partial charge in [0.25, 0.3) is 5.91 Å². The van der Waals surface area contributed by atoms with Crippen molar-refractivity contribution in [2.75, 3.05) is 13.1 Å². The maximum atomic E-state index is 11.4. The molecule has 3 rings (SSSR count). The lowest BCUT2D eigenvalue weighted by atomic mass is 10.2. The predicted molar refractivity (Wildman–Crippen MR) is 73.7 cm³/mol. The second-order valence-corrected chi connectivity index (χ2v) is 5.38. The van der Waals surface area contributed by atoms with Crippen LogP contribution in [0.3, 0.4) is 0 Å². The minimum Gasteiger partial charge on any atom is -0.366 e. The molecule has 0 saturated carbocycles. The minimum atomic E-state index is -0.432. The van der Waals surface area contributed by atoms with Gasteiger partial charge in [0.2, 0.25) is 0 Å². The van der Waals surface area contributed by atoms with E-state index in [9.17, 15) is 4.79 Å². The number of rotatable bonds is 3. The fourth-order valence-electron chi connectivity index (χ4n) is 2.74. The lowest BCUT2D eigenvalue weighted by molar-refractivity contribution is 0.100. The molecule has 3 N–H and O–H groups in total. The first-order chi connectivity index (χ1) is 9.13. The number of imidazole rings is 1. The molecule has 1 atom stereocenters. The monoisotopic (exact) mass is 258 g/mol. The number of nitrogens with two attached hydrogens (primary N) is 1. The van der Waals surface area contributed by atoms with Gasteiger partial charge in [0.1, 0.15) is 11.3 Å². The van der Waals surface area contributed by atoms with Crippen molar-refractivity contribution < 1.29 is 4.79 Å². The first-order valence-electron chi connectivity index (χ1n) is 6.63. The Hall–Kier alpha value is -1.88. The number of fused-ring (bicyclic) bond motifs is 1. The molecule has 1 aliphatic heterocycles. The highest BCUT2D eigenvalue weighted by molar-refractivity contribution is 6.03. The smallest absolute Gasteiger partial charge is 0.250 e. The number of aromatic nitrogens is 2. The zero-order valence-corrected chi connectivity index (χ0v) is 11.0. The van der Waals surface area contributed by atoms with E-state index in [1.165, 1.54) is 6.42 Å². The van der Waals surface area contributed by atoms with Crippen molar-refractivity contribution in [2.45, 2.75) is 19.9 Å². The van der Waals surface area contributed by atoms with E-state index in [-0.39, 0.29) is 0 Å². The van der Waals surface area contributed by atoms with Gasteiger partial charge in [0.05, 0.1) is 17.6 Å². The summed E-state index contributed by atoms with van der Waals surface area (Å²) in [5.74, 6) is 1.22. The molecule has 0 bridgehead atoms. The van der Waals surface area contributed by atoms with Gasteiger partial charge in [-0.3, -0.25) is 9.69 Å². The fraction of sp³-hybridized carbons (Fsp3) is 0.429. The van der Waals surface area contributed by atoms with Crippen molar-refractivity contribution >= 4 is 16.9 Å². The van der Waals surface area contributed by atoms with Crippen LogP contribution in [0, 0.1) is 5.92 Å². The van der Waals surface area contributed by atoms with Gasteiger partial charge in [0.15, 0.2) is 0 Å². The standard InChI is InChI=1S/C14H18N4O/c1-9-5-6-18(7-9)8-12-16-11-4-2-3-10(14(15)19)13(11)17-12/h2-4,9H,5-8H2,1H3,(H2,15,19)(H,16,17). The van der Waals surface area contributed by atoms with Crippen LogP contribution in [0.2, 0.25) is 0 Å². The molecule has 5 nitrogen and oxygen atoms in total. The average Bonchev–Trinajstić information content (AvgIpc) is 2.94. The van der Waals surface area contributed by atoms with Crippen LogP contribution in [0.4, 0.5) is 0 Å². The summed E-state index contributed by atoms with van der Waals surface area (Å²) in [6, 6.07) is 5.46. The number of carbonyl (C=O) groups is 1. The molecule has 19 heavy (non-hydrogen) atoms. The lowest BCUT2D eigenvalue weighted by Crippen LogP contribution is -2.20. The highest BCUT2D eigenvalue weighted by atomic mass is 16.1. The van der Waals surface area contributed by atoms with Crippen molar-refractivity contribution in [3.05, 3.63) is 29.6 Å². The van der Waals surface area contributed by atoms with Crippen molar-refractivity contribution in [3.63, 3.8) is 0 Å². The van der Waals surface area contributed by atoms with Gasteiger partial charge >= 0.3 is 0 Å². The quantitative estimate of drug-likeness (QED) is 0.876. The number of nitrogens with zero attached hydrogens (tertiary/aromatic N) is 2. The number of carbonyl (C=O) groups excluding carboxylic acids is 1. The average molecular weight is 258 g/mol. The molecular formula is C14H18N4O. The molecule has 1 aliphatic rings. The van der Waals surface area contributed by atoms with Gasteiger partial charge in [-0.2, -0.15) is 0 Å². The number of hydrogen-bond acceptors (Lipinski definition) is 3. The SMILES string of the molecule is CC1CCN(Cc2nc3c(C(N)=O)cccc3[nH]2)C1. The third-order valence-electron chi connectivity index (χ3n) is 3.71. The highest BCUT2D eigenvalue weighted by Crippen LogP contribution is 2.20. The summed E-state index contributed by atoms with van der Waals surface area (Å²) in [5, 5.41) is 0. The third-order valence-corrected chi connectivity index (χ3v) is 3.71. The highest BCUT2D eigenvalue weighted by Gasteiger charge is 2.20. The van der Waals surface area contributed by atoms with Crippen LogP contribution in [0.25, 0.3) is 11.0 Å². The van der Waals surface area contributed by atoms with Crippen LogP contribution in [0.1, 0.15) is 29.5 Å². The number of benzene rings is 1. The van der Waals surface area contributed by atoms with E-state index in [4.69, 9.17) is 5.73 Å². The van der Waals surface area contributed by atoms with Gasteiger partial charge < -0.3 is 10.7 Å². The second-order valence-electron chi connectivity index (χ2n) is 5.38. The number of amides is 1. The summed E-state index contributed by atoms with van der Waals surface area (Å²) in [4.78, 5) is 21.5. The maximum Gasteiger partial charge on any atom is 0.250 e. The van der Waals surface area contributed by atoms with E-state index < -0.39 is 5.91 Å². The number of H-pyrrole nitrogens is 1. The van der Waals surface area contributed by atoms with Crippen LogP contribution in [-0.2, 0) is 6.54 Å². The molecule has 1 fully saturated rings. The number of likely N-dealkylation sites (tertiary alicyclic amines) is 1. The summed E-state index contributed by atoms with van der Waals surface area (Å²) < 4.78 is 0. The number of para-hydroxylation sites is 1. The Morgan fingerprint density at radius 3 is 3.11 bits per heavy atom. The molecular weight excluding hydrogens is 240 g/mol. The molecule has 2 heterocycles. The topological polar surface area (TPSA) is 75.0 Å². The Morgan fingerprint density at radius 2 is 2.42 bits per heavy atom. The largest absolute Gasteiger partial charge is 0.366 e. The number of nitrogens with one attached hydrogen (secondary N) is 1. The lowest BCUT2D eigenvalue weighted by Gasteiger charge is -2.12. The van der Waals surface area contributed by atoms with Gasteiger partial charge in [-0.1, -0.05) is 13.0 Å². The zero-order chi connectivity index (χ0) is 13.4. The Kier molecular flexibility index (Phi) is 2.98. The zero-order valence-electron chi connectivity index (χ0n) is 11.0. The summed E-state index contributed by atoms with van der Waals surface area (Å²) in [6.45, 7) is 5.29. The summed E-state index contributed by atoms with van der Waals surface area (Å²) >= 11 is 0. The minimum absolute atomic E-state index is 0.432. The number of aromatic amines is 1. The first kappa shape index (κ1) is 12.2. The van der Waals surface area contributed by atoms with E-state index in [1.54, 1.807) is 6.07 Å². The molecule has 2 aromatic rings. The summed E-state index contributed by atoms with van der Waals surface area (Å²) in [5.41, 5.74) is 7.40.